The van der Waals surface area contributed by atoms with Crippen LogP contribution in [0.25, 0.3) is 0 Å². The average molecular weight is 325 g/mol. The van der Waals surface area contributed by atoms with Gasteiger partial charge in [-0.15, -0.1) is 0 Å². The highest BCUT2D eigenvalue weighted by Gasteiger charge is 2.62. The number of rotatable bonds is 1. The summed E-state index contributed by atoms with van der Waals surface area (Å²) < 4.78 is 19.1. The van der Waals surface area contributed by atoms with E-state index in [1.165, 1.54) is 18.2 Å². The Bertz CT molecular complexity index is 683. The van der Waals surface area contributed by atoms with Gasteiger partial charge in [0, 0.05) is 25.1 Å². The lowest BCUT2D eigenvalue weighted by Gasteiger charge is -2.31. The average Bonchev–Trinajstić information content (AvgIpc) is 3.13. The molecule has 1 spiro atoms. The minimum Gasteiger partial charge on any atom is -0.351 e. The Morgan fingerprint density at radius 2 is 2.23 bits per heavy atom. The lowest BCUT2D eigenvalue weighted by atomic mass is 10.1. The Kier molecular flexibility index (Phi) is 2.96. The first kappa shape index (κ1) is 14.0. The molecule has 5 nitrogen and oxygen atoms in total. The molecule has 0 N–H and O–H groups in total. The van der Waals surface area contributed by atoms with Gasteiger partial charge in [-0.05, 0) is 18.2 Å². The standard InChI is InChI=1S/C15H14ClFN2O3/c16-10-7-9(1-2-11(10)17)14(21)18-4-3-15-12(18)8-13(20)19(15)5-6-22-15/h1-2,7,12H,3-6,8H2/t12-,15+/m1/s1. The first-order valence-corrected chi connectivity index (χ1v) is 7.61. The highest BCUT2D eigenvalue weighted by atomic mass is 35.5. The number of hydrogen-bond acceptors (Lipinski definition) is 3. The molecule has 0 aromatic heterocycles. The fourth-order valence-corrected chi connectivity index (χ4v) is 4.01. The normalized spacial score (nSPS) is 29.9. The van der Waals surface area contributed by atoms with E-state index in [0.717, 1.165) is 0 Å². The van der Waals surface area contributed by atoms with Crippen LogP contribution in [0.3, 0.4) is 0 Å². The second-order valence-electron chi connectivity index (χ2n) is 5.84. The molecule has 0 saturated carbocycles. The van der Waals surface area contributed by atoms with E-state index in [1.54, 1.807) is 9.80 Å². The molecule has 3 heterocycles. The monoisotopic (exact) mass is 324 g/mol. The van der Waals surface area contributed by atoms with Crippen molar-refractivity contribution in [3.8, 4) is 0 Å². The minimum atomic E-state index is -0.656. The third kappa shape index (κ3) is 1.74. The van der Waals surface area contributed by atoms with Crippen LogP contribution in [-0.4, -0.2) is 53.1 Å². The Balaban J connectivity index is 1.65. The van der Waals surface area contributed by atoms with Crippen molar-refractivity contribution in [2.75, 3.05) is 19.7 Å². The fourth-order valence-electron chi connectivity index (χ4n) is 3.83. The predicted molar refractivity (Wildman–Crippen MR) is 75.9 cm³/mol. The minimum absolute atomic E-state index is 0.0251. The van der Waals surface area contributed by atoms with Gasteiger partial charge in [-0.1, -0.05) is 11.6 Å². The molecule has 0 aliphatic carbocycles. The van der Waals surface area contributed by atoms with Crippen molar-refractivity contribution in [2.24, 2.45) is 0 Å². The molecule has 3 saturated heterocycles. The number of hydrogen-bond donors (Lipinski definition) is 0. The molecule has 1 aromatic carbocycles. The summed E-state index contributed by atoms with van der Waals surface area (Å²) in [5, 5.41) is -0.0824. The number of benzene rings is 1. The molecule has 3 fully saturated rings. The zero-order chi connectivity index (χ0) is 15.5. The Morgan fingerprint density at radius 1 is 1.41 bits per heavy atom. The van der Waals surface area contributed by atoms with Gasteiger partial charge in [0.05, 0.1) is 24.1 Å². The number of carbonyl (C=O) groups is 2. The maximum Gasteiger partial charge on any atom is 0.254 e. The summed E-state index contributed by atoms with van der Waals surface area (Å²) in [6.45, 7) is 1.61. The zero-order valence-corrected chi connectivity index (χ0v) is 12.5. The van der Waals surface area contributed by atoms with Gasteiger partial charge in [0.15, 0.2) is 5.72 Å². The Labute approximate surface area is 131 Å². The highest BCUT2D eigenvalue weighted by molar-refractivity contribution is 6.31. The third-order valence-corrected chi connectivity index (χ3v) is 5.12. The molecule has 2 atom stereocenters. The van der Waals surface area contributed by atoms with Crippen molar-refractivity contribution in [3.63, 3.8) is 0 Å². The lowest BCUT2D eigenvalue weighted by molar-refractivity contribution is -0.136. The number of carbonyl (C=O) groups excluding carboxylic acids is 2. The SMILES string of the molecule is O=C(c1ccc(F)c(Cl)c1)N1CC[C@@]23OCCN2C(=O)C[C@@H]13. The van der Waals surface area contributed by atoms with Crippen LogP contribution in [0.5, 0.6) is 0 Å². The van der Waals surface area contributed by atoms with Gasteiger partial charge in [0.2, 0.25) is 5.91 Å². The summed E-state index contributed by atoms with van der Waals surface area (Å²) in [5.74, 6) is -0.775. The Hall–Kier alpha value is -1.66. The maximum atomic E-state index is 13.3. The molecule has 3 aliphatic rings. The molecule has 22 heavy (non-hydrogen) atoms. The zero-order valence-electron chi connectivity index (χ0n) is 11.7. The van der Waals surface area contributed by atoms with Crippen molar-refractivity contribution < 1.29 is 18.7 Å². The van der Waals surface area contributed by atoms with Crippen LogP contribution in [0, 0.1) is 5.82 Å². The van der Waals surface area contributed by atoms with Gasteiger partial charge < -0.3 is 14.5 Å². The van der Waals surface area contributed by atoms with Crippen LogP contribution < -0.4 is 0 Å². The number of likely N-dealkylation sites (tertiary alicyclic amines) is 1. The first-order chi connectivity index (χ1) is 10.5. The van der Waals surface area contributed by atoms with E-state index in [1.807, 2.05) is 0 Å². The molecule has 2 amide bonds. The summed E-state index contributed by atoms with van der Waals surface area (Å²) in [7, 11) is 0. The van der Waals surface area contributed by atoms with Crippen molar-refractivity contribution in [1.29, 1.82) is 0 Å². The summed E-state index contributed by atoms with van der Waals surface area (Å²) >= 11 is 5.75. The molecule has 0 bridgehead atoms. The molecule has 7 heteroatoms. The van der Waals surface area contributed by atoms with Crippen LogP contribution in [0.4, 0.5) is 4.39 Å². The number of halogens is 2. The summed E-state index contributed by atoms with van der Waals surface area (Å²) in [6.07, 6.45) is 0.894. The number of amides is 2. The van der Waals surface area contributed by atoms with E-state index < -0.39 is 11.5 Å². The molecular weight excluding hydrogens is 311 g/mol. The van der Waals surface area contributed by atoms with Gasteiger partial charge in [0.1, 0.15) is 5.82 Å². The van der Waals surface area contributed by atoms with E-state index in [-0.39, 0.29) is 29.3 Å². The molecule has 4 rings (SSSR count). The van der Waals surface area contributed by atoms with E-state index in [9.17, 15) is 14.0 Å². The van der Waals surface area contributed by atoms with Crippen molar-refractivity contribution in [3.05, 3.63) is 34.6 Å². The quantitative estimate of drug-likeness (QED) is 0.789. The predicted octanol–water partition coefficient (Wildman–Crippen LogP) is 1.65. The third-order valence-electron chi connectivity index (χ3n) is 4.83. The van der Waals surface area contributed by atoms with Gasteiger partial charge in [-0.2, -0.15) is 0 Å². The fraction of sp³-hybridized carbons (Fsp3) is 0.467. The molecular formula is C15H14ClFN2O3. The Morgan fingerprint density at radius 3 is 3.00 bits per heavy atom. The van der Waals surface area contributed by atoms with Gasteiger partial charge in [-0.25, -0.2) is 4.39 Å². The van der Waals surface area contributed by atoms with Crippen molar-refractivity contribution in [1.82, 2.24) is 9.80 Å². The summed E-state index contributed by atoms with van der Waals surface area (Å²) in [4.78, 5) is 28.2. The lowest BCUT2D eigenvalue weighted by Crippen LogP contribution is -2.48. The second kappa shape index (κ2) is 4.67. The molecule has 0 radical (unpaired) electrons. The van der Waals surface area contributed by atoms with E-state index in [4.69, 9.17) is 16.3 Å². The molecule has 0 unspecified atom stereocenters. The number of ether oxygens (including phenoxy) is 1. The topological polar surface area (TPSA) is 49.9 Å². The van der Waals surface area contributed by atoms with Gasteiger partial charge in [-0.3, -0.25) is 9.59 Å². The van der Waals surface area contributed by atoms with Crippen LogP contribution in [-0.2, 0) is 9.53 Å². The van der Waals surface area contributed by atoms with Gasteiger partial charge in [0.25, 0.3) is 5.91 Å². The number of nitrogens with zero attached hydrogens (tertiary/aromatic N) is 2. The van der Waals surface area contributed by atoms with E-state index >= 15 is 0 Å². The smallest absolute Gasteiger partial charge is 0.254 e. The highest BCUT2D eigenvalue weighted by Crippen LogP contribution is 2.45. The maximum absolute atomic E-state index is 13.3. The first-order valence-electron chi connectivity index (χ1n) is 7.23. The van der Waals surface area contributed by atoms with E-state index in [0.29, 0.717) is 31.7 Å². The van der Waals surface area contributed by atoms with Crippen LogP contribution in [0.2, 0.25) is 5.02 Å². The summed E-state index contributed by atoms with van der Waals surface area (Å²) in [6, 6.07) is 3.64. The largest absolute Gasteiger partial charge is 0.351 e. The molecule has 3 aliphatic heterocycles. The van der Waals surface area contributed by atoms with Crippen LogP contribution in [0.1, 0.15) is 23.2 Å². The van der Waals surface area contributed by atoms with Crippen LogP contribution >= 0.6 is 11.6 Å². The van der Waals surface area contributed by atoms with Crippen LogP contribution in [0.15, 0.2) is 18.2 Å². The van der Waals surface area contributed by atoms with Crippen molar-refractivity contribution in [2.45, 2.75) is 24.6 Å². The molecule has 116 valence electrons. The van der Waals surface area contributed by atoms with Gasteiger partial charge >= 0.3 is 0 Å². The molecule has 1 aromatic rings. The van der Waals surface area contributed by atoms with E-state index in [2.05, 4.69) is 0 Å². The second-order valence-corrected chi connectivity index (χ2v) is 6.24. The van der Waals surface area contributed by atoms with Crippen molar-refractivity contribution >= 4 is 23.4 Å². The summed E-state index contributed by atoms with van der Waals surface area (Å²) in [5.41, 5.74) is -0.330.